The van der Waals surface area contributed by atoms with Crippen LogP contribution < -0.4 is 0 Å². The Bertz CT molecular complexity index is 122. The van der Waals surface area contributed by atoms with E-state index in [-0.39, 0.29) is 18.8 Å². The molecule has 11 heavy (non-hydrogen) atoms. The molecule has 4 nitrogen and oxygen atoms in total. The van der Waals surface area contributed by atoms with Gasteiger partial charge in [-0.3, -0.25) is 0 Å². The molecule has 0 saturated heterocycles. The van der Waals surface area contributed by atoms with Gasteiger partial charge in [0, 0.05) is 18.8 Å². The summed E-state index contributed by atoms with van der Waals surface area (Å²) < 4.78 is 0. The Kier molecular flexibility index (Phi) is 2.49. The number of hydrogen-bond donors (Lipinski definition) is 4. The number of aliphatic hydroxyl groups excluding tert-OH is 1. The first-order valence-electron chi connectivity index (χ1n) is 3.82. The fourth-order valence-electron chi connectivity index (χ4n) is 1.40. The van der Waals surface area contributed by atoms with Crippen molar-refractivity contribution in [3.05, 3.63) is 0 Å². The second kappa shape index (κ2) is 3.06. The average molecular weight is 162 g/mol. The van der Waals surface area contributed by atoms with Crippen molar-refractivity contribution in [2.45, 2.75) is 37.8 Å². The van der Waals surface area contributed by atoms with Gasteiger partial charge in [0.05, 0.1) is 0 Å². The van der Waals surface area contributed by atoms with Crippen molar-refractivity contribution in [3.8, 4) is 0 Å². The van der Waals surface area contributed by atoms with E-state index in [1.54, 1.807) is 0 Å². The van der Waals surface area contributed by atoms with Gasteiger partial charge >= 0.3 is 0 Å². The smallest absolute Gasteiger partial charge is 0.162 e. The average Bonchev–Trinajstić information content (AvgIpc) is 1.86. The molecule has 0 radical (unpaired) electrons. The van der Waals surface area contributed by atoms with Crippen molar-refractivity contribution in [1.29, 1.82) is 0 Å². The van der Waals surface area contributed by atoms with Gasteiger partial charge in [0.1, 0.15) is 0 Å². The summed E-state index contributed by atoms with van der Waals surface area (Å²) in [5, 5.41) is 35.6. The van der Waals surface area contributed by atoms with Crippen LogP contribution in [0.3, 0.4) is 0 Å². The van der Waals surface area contributed by atoms with Gasteiger partial charge in [0.25, 0.3) is 0 Å². The van der Waals surface area contributed by atoms with Gasteiger partial charge in [-0.1, -0.05) is 0 Å². The zero-order valence-electron chi connectivity index (χ0n) is 6.27. The third-order valence-corrected chi connectivity index (χ3v) is 2.25. The zero-order valence-corrected chi connectivity index (χ0v) is 6.27. The summed E-state index contributed by atoms with van der Waals surface area (Å²) in [6.07, 6.45) is 0.0750. The maximum Gasteiger partial charge on any atom is 0.162 e. The zero-order chi connectivity index (χ0) is 8.48. The van der Waals surface area contributed by atoms with Crippen molar-refractivity contribution in [2.75, 3.05) is 0 Å². The van der Waals surface area contributed by atoms with E-state index in [0.29, 0.717) is 12.8 Å². The SMILES string of the molecule is OC(O)C1CCC(O)(O)CC1. The quantitative estimate of drug-likeness (QED) is 0.379. The maximum atomic E-state index is 9.07. The lowest BCUT2D eigenvalue weighted by Crippen LogP contribution is -2.36. The second-order valence-corrected chi connectivity index (χ2v) is 3.23. The van der Waals surface area contributed by atoms with Gasteiger partial charge in [-0.2, -0.15) is 0 Å². The lowest BCUT2D eigenvalue weighted by atomic mass is 9.85. The molecule has 1 saturated carbocycles. The summed E-state index contributed by atoms with van der Waals surface area (Å²) >= 11 is 0. The summed E-state index contributed by atoms with van der Waals surface area (Å²) in [6, 6.07) is 0. The van der Waals surface area contributed by atoms with Crippen LogP contribution in [0.1, 0.15) is 25.7 Å². The van der Waals surface area contributed by atoms with Crippen LogP contribution in [-0.4, -0.2) is 32.5 Å². The number of aliphatic hydroxyl groups is 4. The van der Waals surface area contributed by atoms with Crippen LogP contribution >= 0.6 is 0 Å². The third kappa shape index (κ3) is 2.41. The highest BCUT2D eigenvalue weighted by atomic mass is 16.5. The van der Waals surface area contributed by atoms with Gasteiger partial charge in [-0.25, -0.2) is 0 Å². The van der Waals surface area contributed by atoms with Crippen LogP contribution in [0.2, 0.25) is 0 Å². The summed E-state index contributed by atoms with van der Waals surface area (Å²) in [7, 11) is 0. The Hall–Kier alpha value is -0.160. The van der Waals surface area contributed by atoms with Crippen molar-refractivity contribution in [2.24, 2.45) is 5.92 Å². The number of rotatable bonds is 1. The van der Waals surface area contributed by atoms with E-state index in [4.69, 9.17) is 20.4 Å². The minimum Gasteiger partial charge on any atom is -0.368 e. The van der Waals surface area contributed by atoms with Crippen LogP contribution in [-0.2, 0) is 0 Å². The predicted molar refractivity (Wildman–Crippen MR) is 37.4 cm³/mol. The maximum absolute atomic E-state index is 9.07. The Morgan fingerprint density at radius 1 is 1.09 bits per heavy atom. The highest BCUT2D eigenvalue weighted by Crippen LogP contribution is 2.31. The minimum atomic E-state index is -1.58. The van der Waals surface area contributed by atoms with Gasteiger partial charge in [0.2, 0.25) is 0 Å². The van der Waals surface area contributed by atoms with Crippen molar-refractivity contribution >= 4 is 0 Å². The molecule has 0 aliphatic heterocycles. The molecular weight excluding hydrogens is 148 g/mol. The third-order valence-electron chi connectivity index (χ3n) is 2.25. The molecule has 0 unspecified atom stereocenters. The van der Waals surface area contributed by atoms with Crippen LogP contribution in [0, 0.1) is 5.92 Å². The highest BCUT2D eigenvalue weighted by molar-refractivity contribution is 4.77. The van der Waals surface area contributed by atoms with Crippen LogP contribution in [0.15, 0.2) is 0 Å². The standard InChI is InChI=1S/C7H14O4/c8-6(9)5-1-3-7(10,11)4-2-5/h5-6,8-11H,1-4H2. The first-order chi connectivity index (χ1) is 5.01. The van der Waals surface area contributed by atoms with E-state index in [1.165, 1.54) is 0 Å². The molecule has 66 valence electrons. The van der Waals surface area contributed by atoms with Crippen molar-refractivity contribution in [1.82, 2.24) is 0 Å². The highest BCUT2D eigenvalue weighted by Gasteiger charge is 2.32. The molecule has 4 N–H and O–H groups in total. The van der Waals surface area contributed by atoms with Crippen LogP contribution in [0.5, 0.6) is 0 Å². The molecule has 1 rings (SSSR count). The van der Waals surface area contributed by atoms with Gasteiger partial charge in [-0.05, 0) is 12.8 Å². The fraction of sp³-hybridized carbons (Fsp3) is 1.00. The molecule has 0 aromatic carbocycles. The van der Waals surface area contributed by atoms with Gasteiger partial charge in [0.15, 0.2) is 12.1 Å². The predicted octanol–water partition coefficient (Wildman–Crippen LogP) is -0.832. The van der Waals surface area contributed by atoms with Crippen molar-refractivity contribution < 1.29 is 20.4 Å². The molecule has 0 aromatic rings. The largest absolute Gasteiger partial charge is 0.368 e. The molecule has 1 fully saturated rings. The number of hydrogen-bond acceptors (Lipinski definition) is 4. The summed E-state index contributed by atoms with van der Waals surface area (Å²) in [4.78, 5) is 0. The monoisotopic (exact) mass is 162 g/mol. The second-order valence-electron chi connectivity index (χ2n) is 3.23. The molecule has 0 atom stereocenters. The topological polar surface area (TPSA) is 80.9 Å². The Labute approximate surface area is 65.1 Å². The first kappa shape index (κ1) is 8.93. The van der Waals surface area contributed by atoms with Crippen molar-refractivity contribution in [3.63, 3.8) is 0 Å². The normalized spacial score (nSPS) is 25.9. The van der Waals surface area contributed by atoms with Crippen LogP contribution in [0.4, 0.5) is 0 Å². The summed E-state index contributed by atoms with van der Waals surface area (Å²) in [6.45, 7) is 0. The molecular formula is C7H14O4. The fourth-order valence-corrected chi connectivity index (χ4v) is 1.40. The molecule has 0 aromatic heterocycles. The Morgan fingerprint density at radius 3 is 1.91 bits per heavy atom. The molecule has 0 amide bonds. The van der Waals surface area contributed by atoms with E-state index < -0.39 is 12.1 Å². The molecule has 0 spiro atoms. The molecule has 1 aliphatic carbocycles. The molecule has 0 heterocycles. The van der Waals surface area contributed by atoms with E-state index in [0.717, 1.165) is 0 Å². The molecule has 4 heteroatoms. The lowest BCUT2D eigenvalue weighted by Gasteiger charge is -2.32. The summed E-state index contributed by atoms with van der Waals surface area (Å²) in [5.74, 6) is -1.77. The van der Waals surface area contributed by atoms with E-state index >= 15 is 0 Å². The lowest BCUT2D eigenvalue weighted by molar-refractivity contribution is -0.201. The Morgan fingerprint density at radius 2 is 1.55 bits per heavy atom. The minimum absolute atomic E-state index is 0.192. The first-order valence-corrected chi connectivity index (χ1v) is 3.82. The van der Waals surface area contributed by atoms with Crippen LogP contribution in [0.25, 0.3) is 0 Å². The Balaban J connectivity index is 2.36. The van der Waals surface area contributed by atoms with E-state index in [1.807, 2.05) is 0 Å². The van der Waals surface area contributed by atoms with Gasteiger partial charge < -0.3 is 20.4 Å². The van der Waals surface area contributed by atoms with E-state index in [2.05, 4.69) is 0 Å². The molecule has 0 bridgehead atoms. The molecule has 1 aliphatic rings. The van der Waals surface area contributed by atoms with E-state index in [9.17, 15) is 0 Å². The summed E-state index contributed by atoms with van der Waals surface area (Å²) in [5.41, 5.74) is 0. The van der Waals surface area contributed by atoms with Gasteiger partial charge in [-0.15, -0.1) is 0 Å².